The van der Waals surface area contributed by atoms with Crippen LogP contribution in [0, 0.1) is 27.7 Å². The minimum atomic E-state index is -0.370. The van der Waals surface area contributed by atoms with E-state index in [1.165, 1.54) is 4.68 Å². The van der Waals surface area contributed by atoms with Crippen LogP contribution in [0.1, 0.15) is 32.9 Å². The van der Waals surface area contributed by atoms with Gasteiger partial charge < -0.3 is 10.6 Å². The molecule has 0 radical (unpaired) electrons. The second kappa shape index (κ2) is 8.57. The second-order valence-corrected chi connectivity index (χ2v) is 7.77. The van der Waals surface area contributed by atoms with Gasteiger partial charge in [-0.3, -0.25) is 9.59 Å². The molecule has 2 N–H and O–H groups in total. The van der Waals surface area contributed by atoms with Crippen molar-refractivity contribution in [3.05, 3.63) is 68.9 Å². The summed E-state index contributed by atoms with van der Waals surface area (Å²) in [6.45, 7) is 7.51. The number of hydrogen-bond donors (Lipinski definition) is 2. The first-order valence-electron chi connectivity index (χ1n) is 9.10. The average Bonchev–Trinajstić information content (AvgIpc) is 3.02. The van der Waals surface area contributed by atoms with Crippen molar-refractivity contribution in [2.24, 2.45) is 0 Å². The van der Waals surface area contributed by atoms with Crippen molar-refractivity contribution < 1.29 is 9.59 Å². The normalized spacial score (nSPS) is 10.7. The molecule has 0 unspecified atom stereocenters. The quantitative estimate of drug-likeness (QED) is 0.604. The molecule has 7 nitrogen and oxygen atoms in total. The zero-order valence-corrected chi connectivity index (χ0v) is 18.3. The number of benzene rings is 2. The number of nitrogens with one attached hydrogen (secondary N) is 2. The predicted octanol–water partition coefficient (Wildman–Crippen LogP) is 4.17. The fourth-order valence-corrected chi connectivity index (χ4v) is 3.21. The lowest BCUT2D eigenvalue weighted by atomic mass is 10.1. The average molecular weight is 456 g/mol. The molecule has 0 atom stereocenters. The maximum atomic E-state index is 12.6. The number of carbonyl (C=O) groups excluding carboxylic acids is 2. The van der Waals surface area contributed by atoms with E-state index >= 15 is 0 Å². The Morgan fingerprint density at radius 3 is 2.34 bits per heavy atom. The summed E-state index contributed by atoms with van der Waals surface area (Å²) in [6.07, 6.45) is 0. The van der Waals surface area contributed by atoms with Gasteiger partial charge in [0.15, 0.2) is 5.69 Å². The van der Waals surface area contributed by atoms with Gasteiger partial charge in [0.2, 0.25) is 5.91 Å². The number of carbonyl (C=O) groups is 2. The number of nitrogens with zero attached hydrogens (tertiary/aromatic N) is 3. The summed E-state index contributed by atoms with van der Waals surface area (Å²) in [5.41, 5.74) is 5.14. The van der Waals surface area contributed by atoms with Crippen LogP contribution in [0.5, 0.6) is 0 Å². The SMILES string of the molecule is Cc1cc(NC(=O)c2nnn(CC(=O)Nc3c(C)cccc3C)c2C)ccc1Br. The smallest absolute Gasteiger partial charge is 0.278 e. The topological polar surface area (TPSA) is 88.9 Å². The van der Waals surface area contributed by atoms with Crippen LogP contribution in [0.15, 0.2) is 40.9 Å². The Morgan fingerprint density at radius 1 is 1.00 bits per heavy atom. The molecule has 29 heavy (non-hydrogen) atoms. The van der Waals surface area contributed by atoms with Gasteiger partial charge in [0, 0.05) is 15.8 Å². The highest BCUT2D eigenvalue weighted by Gasteiger charge is 2.19. The summed E-state index contributed by atoms with van der Waals surface area (Å²) in [6, 6.07) is 11.4. The van der Waals surface area contributed by atoms with Crippen LogP contribution in [-0.4, -0.2) is 26.8 Å². The highest BCUT2D eigenvalue weighted by molar-refractivity contribution is 9.10. The summed E-state index contributed by atoms with van der Waals surface area (Å²) in [4.78, 5) is 25.0. The number of halogens is 1. The van der Waals surface area contributed by atoms with Gasteiger partial charge in [-0.1, -0.05) is 39.3 Å². The standard InChI is InChI=1S/C21H22BrN5O2/c1-12-6-5-7-13(2)19(12)24-18(28)11-27-15(4)20(25-26-27)21(29)23-16-8-9-17(22)14(3)10-16/h5-10H,11H2,1-4H3,(H,23,29)(H,24,28). The largest absolute Gasteiger partial charge is 0.324 e. The number of anilines is 2. The molecule has 2 aromatic carbocycles. The minimum Gasteiger partial charge on any atom is -0.324 e. The van der Waals surface area contributed by atoms with E-state index in [0.717, 1.165) is 26.9 Å². The zero-order chi connectivity index (χ0) is 21.1. The number of aryl methyl sites for hydroxylation is 3. The van der Waals surface area contributed by atoms with Gasteiger partial charge in [-0.25, -0.2) is 4.68 Å². The van der Waals surface area contributed by atoms with Crippen molar-refractivity contribution in [1.29, 1.82) is 0 Å². The van der Waals surface area contributed by atoms with Crippen molar-refractivity contribution in [3.63, 3.8) is 0 Å². The molecule has 0 aliphatic heterocycles. The fourth-order valence-electron chi connectivity index (χ4n) is 2.96. The lowest BCUT2D eigenvalue weighted by molar-refractivity contribution is -0.117. The van der Waals surface area contributed by atoms with Crippen LogP contribution in [0.25, 0.3) is 0 Å². The van der Waals surface area contributed by atoms with E-state index in [2.05, 4.69) is 36.9 Å². The van der Waals surface area contributed by atoms with E-state index in [1.54, 1.807) is 13.0 Å². The Kier molecular flexibility index (Phi) is 6.12. The Bertz CT molecular complexity index is 1070. The molecule has 0 saturated carbocycles. The van der Waals surface area contributed by atoms with Crippen molar-refractivity contribution in [3.8, 4) is 0 Å². The van der Waals surface area contributed by atoms with Crippen LogP contribution in [-0.2, 0) is 11.3 Å². The highest BCUT2D eigenvalue weighted by Crippen LogP contribution is 2.21. The third-order valence-corrected chi connectivity index (χ3v) is 5.54. The molecule has 150 valence electrons. The van der Waals surface area contributed by atoms with Crippen molar-refractivity contribution in [2.45, 2.75) is 34.2 Å². The van der Waals surface area contributed by atoms with Crippen molar-refractivity contribution >= 4 is 39.1 Å². The van der Waals surface area contributed by atoms with Crippen LogP contribution in [0.2, 0.25) is 0 Å². The third-order valence-electron chi connectivity index (χ3n) is 4.65. The lowest BCUT2D eigenvalue weighted by Crippen LogP contribution is -2.21. The second-order valence-electron chi connectivity index (χ2n) is 6.91. The maximum absolute atomic E-state index is 12.6. The molecule has 3 rings (SSSR count). The van der Waals surface area contributed by atoms with Gasteiger partial charge in [-0.05, 0) is 62.6 Å². The number of amides is 2. The van der Waals surface area contributed by atoms with Crippen LogP contribution in [0.4, 0.5) is 11.4 Å². The molecule has 1 heterocycles. The van der Waals surface area contributed by atoms with Gasteiger partial charge in [0.05, 0.1) is 5.69 Å². The molecular formula is C21H22BrN5O2. The zero-order valence-electron chi connectivity index (χ0n) is 16.7. The van der Waals surface area contributed by atoms with Crippen LogP contribution >= 0.6 is 15.9 Å². The molecule has 0 bridgehead atoms. The maximum Gasteiger partial charge on any atom is 0.278 e. The number of para-hydroxylation sites is 1. The molecule has 0 aliphatic rings. The number of rotatable bonds is 5. The monoisotopic (exact) mass is 455 g/mol. The predicted molar refractivity (Wildman–Crippen MR) is 116 cm³/mol. The number of aromatic nitrogens is 3. The van der Waals surface area contributed by atoms with Gasteiger partial charge >= 0.3 is 0 Å². The first-order chi connectivity index (χ1) is 13.8. The minimum absolute atomic E-state index is 0.0305. The summed E-state index contributed by atoms with van der Waals surface area (Å²) in [5.74, 6) is -0.600. The molecule has 0 fully saturated rings. The Balaban J connectivity index is 1.70. The Labute approximate surface area is 177 Å². The molecule has 3 aromatic rings. The van der Waals surface area contributed by atoms with Gasteiger partial charge in [0.25, 0.3) is 5.91 Å². The molecule has 0 saturated heterocycles. The fraction of sp³-hybridized carbons (Fsp3) is 0.238. The Morgan fingerprint density at radius 2 is 1.69 bits per heavy atom. The molecule has 0 aliphatic carbocycles. The van der Waals surface area contributed by atoms with E-state index < -0.39 is 0 Å². The Hall–Kier alpha value is -3.00. The van der Waals surface area contributed by atoms with Gasteiger partial charge in [-0.15, -0.1) is 5.10 Å². The molecule has 2 amide bonds. The van der Waals surface area contributed by atoms with E-state index in [0.29, 0.717) is 11.4 Å². The highest BCUT2D eigenvalue weighted by atomic mass is 79.9. The molecule has 1 aromatic heterocycles. The van der Waals surface area contributed by atoms with E-state index in [9.17, 15) is 9.59 Å². The lowest BCUT2D eigenvalue weighted by Gasteiger charge is -2.11. The summed E-state index contributed by atoms with van der Waals surface area (Å²) < 4.78 is 2.39. The molecule has 0 spiro atoms. The van der Waals surface area contributed by atoms with Crippen LogP contribution < -0.4 is 10.6 Å². The molecular weight excluding hydrogens is 434 g/mol. The van der Waals surface area contributed by atoms with Gasteiger partial charge in [-0.2, -0.15) is 0 Å². The third kappa shape index (κ3) is 4.71. The van der Waals surface area contributed by atoms with E-state index in [4.69, 9.17) is 0 Å². The summed E-state index contributed by atoms with van der Waals surface area (Å²) in [5, 5.41) is 13.7. The summed E-state index contributed by atoms with van der Waals surface area (Å²) in [7, 11) is 0. The summed E-state index contributed by atoms with van der Waals surface area (Å²) >= 11 is 3.43. The number of hydrogen-bond acceptors (Lipinski definition) is 4. The van der Waals surface area contributed by atoms with E-state index in [1.807, 2.05) is 51.1 Å². The molecule has 8 heteroatoms. The van der Waals surface area contributed by atoms with Gasteiger partial charge in [0.1, 0.15) is 6.54 Å². The van der Waals surface area contributed by atoms with E-state index in [-0.39, 0.29) is 24.1 Å². The first-order valence-corrected chi connectivity index (χ1v) is 9.89. The van der Waals surface area contributed by atoms with Crippen molar-refractivity contribution in [1.82, 2.24) is 15.0 Å². The van der Waals surface area contributed by atoms with Crippen LogP contribution in [0.3, 0.4) is 0 Å². The van der Waals surface area contributed by atoms with Crippen molar-refractivity contribution in [2.75, 3.05) is 10.6 Å². The first kappa shape index (κ1) is 20.7.